The predicted octanol–water partition coefficient (Wildman–Crippen LogP) is 7.84. The Kier molecular flexibility index (Phi) is 13.6. The molecule has 4 N–H and O–H groups in total. The van der Waals surface area contributed by atoms with Crippen LogP contribution in [-0.2, 0) is 13.1 Å². The zero-order valence-electron chi connectivity index (χ0n) is 30.7. The Labute approximate surface area is 310 Å². The summed E-state index contributed by atoms with van der Waals surface area (Å²) in [6, 6.07) is 37.2. The number of nitrogens with zero attached hydrogens (tertiary/aromatic N) is 7. The molecule has 272 valence electrons. The van der Waals surface area contributed by atoms with E-state index in [4.69, 9.17) is 16.5 Å². The second-order valence-electron chi connectivity index (χ2n) is 14.3. The Balaban J connectivity index is 0.886. The summed E-state index contributed by atoms with van der Waals surface area (Å²) in [5.74, 6) is 2.57. The summed E-state index contributed by atoms with van der Waals surface area (Å²) in [5, 5.41) is 10.6. The number of hydrogen-bond acceptors (Lipinski definition) is 6. The number of hydrogen-bond donors (Lipinski definition) is 2. The molecule has 9 heteroatoms. The maximum Gasteiger partial charge on any atom is 0.125 e. The molecule has 4 aromatic carbocycles. The largest absolute Gasteiger partial charge is 0.384 e. The molecular formula is C43H55N9. The van der Waals surface area contributed by atoms with Crippen LogP contribution in [0, 0.1) is 11.8 Å². The number of anilines is 1. The van der Waals surface area contributed by atoms with E-state index in [9.17, 15) is 0 Å². The van der Waals surface area contributed by atoms with Gasteiger partial charge in [0.05, 0.1) is 11.4 Å². The van der Waals surface area contributed by atoms with Crippen LogP contribution in [0.5, 0.6) is 0 Å². The highest BCUT2D eigenvalue weighted by molar-refractivity contribution is 5.98. The molecule has 0 aromatic heterocycles. The van der Waals surface area contributed by atoms with Gasteiger partial charge in [-0.05, 0) is 136 Å². The van der Waals surface area contributed by atoms with Gasteiger partial charge < -0.3 is 11.5 Å². The molecule has 0 bridgehead atoms. The molecule has 0 amide bonds. The number of piperidine rings is 2. The quantitative estimate of drug-likeness (QED) is 0.0569. The van der Waals surface area contributed by atoms with E-state index < -0.39 is 0 Å². The highest BCUT2D eigenvalue weighted by Crippen LogP contribution is 2.24. The summed E-state index contributed by atoms with van der Waals surface area (Å²) in [6.45, 7) is 8.20. The fraction of sp³-hybridized carbons (Fsp3) is 0.395. The molecule has 2 aliphatic heterocycles. The van der Waals surface area contributed by atoms with Crippen molar-refractivity contribution in [3.8, 4) is 0 Å². The van der Waals surface area contributed by atoms with Crippen LogP contribution < -0.4 is 16.5 Å². The van der Waals surface area contributed by atoms with Crippen molar-refractivity contribution >= 4 is 23.0 Å². The average Bonchev–Trinajstić information content (AvgIpc) is 3.19. The number of amidine groups is 2. The molecule has 0 radical (unpaired) electrons. The first-order chi connectivity index (χ1) is 25.5. The molecular weight excluding hydrogens is 643 g/mol. The van der Waals surface area contributed by atoms with Gasteiger partial charge in [-0.15, -0.1) is 5.11 Å². The predicted molar refractivity (Wildman–Crippen MR) is 215 cm³/mol. The molecule has 52 heavy (non-hydrogen) atoms. The second kappa shape index (κ2) is 19.1. The third-order valence-corrected chi connectivity index (χ3v) is 10.5. The molecule has 0 spiro atoms. The lowest BCUT2D eigenvalue weighted by molar-refractivity contribution is 0.173. The number of aliphatic imine (C=N–C) groups is 2. The minimum atomic E-state index is 0.574. The number of rotatable bonds is 15. The molecule has 4 aromatic rings. The van der Waals surface area contributed by atoms with E-state index in [0.717, 1.165) is 87.7 Å². The Morgan fingerprint density at radius 3 is 1.46 bits per heavy atom. The van der Waals surface area contributed by atoms with E-state index in [1.54, 1.807) is 5.01 Å². The zero-order valence-corrected chi connectivity index (χ0v) is 30.7. The Morgan fingerprint density at radius 2 is 1.02 bits per heavy atom. The summed E-state index contributed by atoms with van der Waals surface area (Å²) >= 11 is 0. The van der Waals surface area contributed by atoms with Crippen LogP contribution in [0.3, 0.4) is 0 Å². The first kappa shape index (κ1) is 36.9. The lowest BCUT2D eigenvalue weighted by atomic mass is 9.93. The van der Waals surface area contributed by atoms with E-state index in [1.807, 2.05) is 55.6 Å². The summed E-state index contributed by atoms with van der Waals surface area (Å²) in [5.41, 5.74) is 19.0. The van der Waals surface area contributed by atoms with E-state index in [-0.39, 0.29) is 0 Å². The highest BCUT2D eigenvalue weighted by atomic mass is 15.5. The maximum atomic E-state index is 6.37. The van der Waals surface area contributed by atoms with Crippen molar-refractivity contribution in [3.63, 3.8) is 0 Å². The first-order valence-corrected chi connectivity index (χ1v) is 19.0. The third kappa shape index (κ3) is 11.3. The maximum absolute atomic E-state index is 6.37. The fourth-order valence-electron chi connectivity index (χ4n) is 7.18. The van der Waals surface area contributed by atoms with Crippen molar-refractivity contribution in [3.05, 3.63) is 131 Å². The van der Waals surface area contributed by atoms with Crippen molar-refractivity contribution in [2.45, 2.75) is 51.6 Å². The SMILES string of the molecule is CN(N=Nc1ccc(C(N)=NCCC2CCN(Cc3ccccc3)CC2)cc1)c1ccc(C(N)=NCCC2CCN(Cc3ccccc3)CC2)cc1. The summed E-state index contributed by atoms with van der Waals surface area (Å²) in [7, 11) is 1.88. The van der Waals surface area contributed by atoms with Crippen molar-refractivity contribution < 1.29 is 0 Å². The summed E-state index contributed by atoms with van der Waals surface area (Å²) < 4.78 is 0. The van der Waals surface area contributed by atoms with Crippen LogP contribution in [0.15, 0.2) is 130 Å². The van der Waals surface area contributed by atoms with Crippen LogP contribution in [-0.4, -0.2) is 67.8 Å². The van der Waals surface area contributed by atoms with Crippen LogP contribution in [0.2, 0.25) is 0 Å². The average molecular weight is 698 g/mol. The van der Waals surface area contributed by atoms with Gasteiger partial charge in [0, 0.05) is 44.4 Å². The van der Waals surface area contributed by atoms with Crippen molar-refractivity contribution in [1.29, 1.82) is 0 Å². The fourth-order valence-corrected chi connectivity index (χ4v) is 7.18. The molecule has 0 atom stereocenters. The number of likely N-dealkylation sites (tertiary alicyclic amines) is 2. The monoisotopic (exact) mass is 697 g/mol. The molecule has 0 aliphatic carbocycles. The molecule has 6 rings (SSSR count). The van der Waals surface area contributed by atoms with Gasteiger partial charge in [0.2, 0.25) is 0 Å². The molecule has 0 saturated carbocycles. The third-order valence-electron chi connectivity index (χ3n) is 10.5. The van der Waals surface area contributed by atoms with Gasteiger partial charge in [-0.1, -0.05) is 65.9 Å². The molecule has 2 heterocycles. The normalized spacial score (nSPS) is 17.2. The van der Waals surface area contributed by atoms with E-state index in [2.05, 4.69) is 85.8 Å². The van der Waals surface area contributed by atoms with Gasteiger partial charge in [0.15, 0.2) is 0 Å². The lowest BCUT2D eigenvalue weighted by Gasteiger charge is -2.31. The lowest BCUT2D eigenvalue weighted by Crippen LogP contribution is -2.33. The minimum Gasteiger partial charge on any atom is -0.384 e. The Bertz CT molecular complexity index is 1720. The molecule has 2 fully saturated rings. The molecule has 2 saturated heterocycles. The van der Waals surface area contributed by atoms with E-state index >= 15 is 0 Å². The Hall–Kier alpha value is -4.86. The van der Waals surface area contributed by atoms with Crippen molar-refractivity contribution in [2.24, 2.45) is 43.6 Å². The summed E-state index contributed by atoms with van der Waals surface area (Å²) in [6.07, 6.45) is 7.05. The van der Waals surface area contributed by atoms with Gasteiger partial charge in [-0.3, -0.25) is 19.8 Å². The molecule has 0 unspecified atom stereocenters. The van der Waals surface area contributed by atoms with Crippen LogP contribution in [0.4, 0.5) is 11.4 Å². The van der Waals surface area contributed by atoms with Gasteiger partial charge in [-0.25, -0.2) is 5.01 Å². The van der Waals surface area contributed by atoms with E-state index in [0.29, 0.717) is 23.5 Å². The van der Waals surface area contributed by atoms with Crippen molar-refractivity contribution in [1.82, 2.24) is 9.80 Å². The standard InChI is InChI=1S/C43H55N9/c1-50(41-18-14-39(15-19-41)43(45)47-27-21-35-24-30-52(31-25-35)33-37-10-6-3-7-11-37)49-48-40-16-12-38(13-17-40)42(44)46-26-20-34-22-28-51(29-23-34)32-36-8-4-2-5-9-36/h2-19,34-35H,20-33H2,1H3,(H2,44,46)(H2,45,47). The van der Waals surface area contributed by atoms with Gasteiger partial charge in [0.1, 0.15) is 11.7 Å². The summed E-state index contributed by atoms with van der Waals surface area (Å²) in [4.78, 5) is 14.5. The molecule has 2 aliphatic rings. The van der Waals surface area contributed by atoms with Gasteiger partial charge >= 0.3 is 0 Å². The minimum absolute atomic E-state index is 0.574. The highest BCUT2D eigenvalue weighted by Gasteiger charge is 2.20. The van der Waals surface area contributed by atoms with Gasteiger partial charge in [-0.2, -0.15) is 0 Å². The van der Waals surface area contributed by atoms with Crippen LogP contribution in [0.1, 0.15) is 60.8 Å². The number of benzene rings is 4. The van der Waals surface area contributed by atoms with E-state index in [1.165, 1.54) is 36.8 Å². The first-order valence-electron chi connectivity index (χ1n) is 19.0. The van der Waals surface area contributed by atoms with Crippen LogP contribution in [0.25, 0.3) is 0 Å². The topological polar surface area (TPSA) is 111 Å². The second-order valence-corrected chi connectivity index (χ2v) is 14.3. The van der Waals surface area contributed by atoms with Crippen LogP contribution >= 0.6 is 0 Å². The zero-order chi connectivity index (χ0) is 36.0. The van der Waals surface area contributed by atoms with Gasteiger partial charge in [0.25, 0.3) is 0 Å². The Morgan fingerprint density at radius 1 is 0.596 bits per heavy atom. The number of nitrogens with two attached hydrogens (primary N) is 2. The smallest absolute Gasteiger partial charge is 0.125 e. The van der Waals surface area contributed by atoms with Crippen molar-refractivity contribution in [2.75, 3.05) is 51.3 Å². The molecule has 9 nitrogen and oxygen atoms in total.